The Bertz CT molecular complexity index is 531. The Morgan fingerprint density at radius 2 is 1.35 bits per heavy atom. The molecule has 1 aromatic rings. The average molecular weight is 268 g/mol. The van der Waals surface area contributed by atoms with Crippen LogP contribution >= 0.6 is 0 Å². The third kappa shape index (κ3) is 3.26. The molecule has 0 amide bonds. The molecule has 1 heterocycles. The lowest BCUT2D eigenvalue weighted by Crippen LogP contribution is -2.25. The topological polar surface area (TPSA) is 14.1 Å². The van der Waals surface area contributed by atoms with E-state index >= 15 is 0 Å². The van der Waals surface area contributed by atoms with Crippen molar-refractivity contribution in [3.05, 3.63) is 34.7 Å². The van der Waals surface area contributed by atoms with Crippen LogP contribution in [0.15, 0.2) is 24.3 Å². The molecule has 0 unspecified atom stereocenters. The maximum Gasteiger partial charge on any atom is 0.0513 e. The van der Waals surface area contributed by atoms with Crippen molar-refractivity contribution in [2.75, 3.05) is 0 Å². The molecule has 107 valence electrons. The van der Waals surface area contributed by atoms with Gasteiger partial charge in [-0.1, -0.05) is 75.6 Å². The molecule has 1 aromatic carbocycles. The molecule has 3 rings (SSSR count). The lowest BCUT2D eigenvalue weighted by Gasteiger charge is -2.17. The summed E-state index contributed by atoms with van der Waals surface area (Å²) in [5.74, 6) is 0.688. The predicted molar refractivity (Wildman–Crippen MR) is 85.4 cm³/mol. The molecule has 0 saturated heterocycles. The van der Waals surface area contributed by atoms with E-state index in [4.69, 9.17) is 5.32 Å². The number of fused-ring (bicyclic) bond motifs is 1. The first-order valence-electron chi connectivity index (χ1n) is 8.45. The molecule has 0 bridgehead atoms. The fourth-order valence-corrected chi connectivity index (χ4v) is 3.64. The number of nitrogens with zero attached hydrogens (tertiary/aromatic N) is 1. The molecule has 1 nitrogen and oxygen atoms in total. The SMILES string of the molecule is C1=c2ccccc2=C(C2CCCCCCCCCC2)[N]1. The quantitative estimate of drug-likeness (QED) is 0.737. The Hall–Kier alpha value is -1.24. The molecule has 1 heteroatoms. The highest BCUT2D eigenvalue weighted by Gasteiger charge is 2.18. The van der Waals surface area contributed by atoms with E-state index in [1.165, 1.54) is 80.3 Å². The van der Waals surface area contributed by atoms with Gasteiger partial charge in [0.05, 0.1) is 5.70 Å². The van der Waals surface area contributed by atoms with E-state index in [1.54, 1.807) is 0 Å². The van der Waals surface area contributed by atoms with E-state index in [0.29, 0.717) is 5.92 Å². The summed E-state index contributed by atoms with van der Waals surface area (Å²) in [6.07, 6.45) is 16.1. The van der Waals surface area contributed by atoms with Gasteiger partial charge in [0, 0.05) is 22.6 Å². The Morgan fingerprint density at radius 1 is 0.750 bits per heavy atom. The summed E-state index contributed by atoms with van der Waals surface area (Å²) in [6.45, 7) is 0. The fraction of sp³-hybridized carbons (Fsp3) is 0.579. The molecule has 0 aromatic heterocycles. The molecule has 0 N–H and O–H groups in total. The van der Waals surface area contributed by atoms with Gasteiger partial charge in [0.1, 0.15) is 0 Å². The molecule has 1 aliphatic heterocycles. The van der Waals surface area contributed by atoms with E-state index in [1.807, 2.05) is 0 Å². The van der Waals surface area contributed by atoms with Gasteiger partial charge >= 0.3 is 0 Å². The first-order chi connectivity index (χ1) is 9.95. The maximum absolute atomic E-state index is 4.77. The third-order valence-electron chi connectivity index (χ3n) is 4.82. The van der Waals surface area contributed by atoms with Crippen molar-refractivity contribution < 1.29 is 0 Å². The Balaban J connectivity index is 1.78. The van der Waals surface area contributed by atoms with Gasteiger partial charge < -0.3 is 0 Å². The number of hydrogen-bond donors (Lipinski definition) is 0. The van der Waals surface area contributed by atoms with Gasteiger partial charge in [-0.3, -0.25) is 5.32 Å². The number of hydrogen-bond acceptors (Lipinski definition) is 0. The van der Waals surface area contributed by atoms with Crippen molar-refractivity contribution in [3.63, 3.8) is 0 Å². The van der Waals surface area contributed by atoms with Crippen LogP contribution in [0.25, 0.3) is 11.9 Å². The maximum atomic E-state index is 4.77. The van der Waals surface area contributed by atoms with Crippen LogP contribution in [0.2, 0.25) is 0 Å². The van der Waals surface area contributed by atoms with Gasteiger partial charge in [0.2, 0.25) is 0 Å². The lowest BCUT2D eigenvalue weighted by atomic mass is 9.91. The minimum atomic E-state index is 0.688. The predicted octanol–water partition coefficient (Wildman–Crippen LogP) is 3.68. The van der Waals surface area contributed by atoms with Crippen LogP contribution in [0, 0.1) is 5.92 Å². The van der Waals surface area contributed by atoms with Gasteiger partial charge in [0.15, 0.2) is 0 Å². The van der Waals surface area contributed by atoms with E-state index in [2.05, 4.69) is 30.5 Å². The van der Waals surface area contributed by atoms with Crippen molar-refractivity contribution in [3.8, 4) is 0 Å². The summed E-state index contributed by atoms with van der Waals surface area (Å²) in [5.41, 5.74) is 1.37. The van der Waals surface area contributed by atoms with E-state index in [9.17, 15) is 0 Å². The first kappa shape index (κ1) is 13.7. The number of benzene rings is 1. The molecule has 1 radical (unpaired) electrons. The second-order valence-corrected chi connectivity index (χ2v) is 6.33. The Labute approximate surface area is 122 Å². The highest BCUT2D eigenvalue weighted by atomic mass is 14.9. The fourth-order valence-electron chi connectivity index (χ4n) is 3.64. The zero-order valence-electron chi connectivity index (χ0n) is 12.5. The molecule has 1 saturated carbocycles. The molecule has 2 aliphatic rings. The smallest absolute Gasteiger partial charge is 0.0513 e. The van der Waals surface area contributed by atoms with Gasteiger partial charge in [-0.05, 0) is 12.8 Å². The molecule has 0 atom stereocenters. The van der Waals surface area contributed by atoms with Gasteiger partial charge in [0.25, 0.3) is 0 Å². The van der Waals surface area contributed by atoms with Gasteiger partial charge in [-0.15, -0.1) is 0 Å². The largest absolute Gasteiger partial charge is 0.260 e. The van der Waals surface area contributed by atoms with Gasteiger partial charge in [-0.2, -0.15) is 0 Å². The molecule has 1 aliphatic carbocycles. The molecular formula is C19H26N. The van der Waals surface area contributed by atoms with E-state index in [0.717, 1.165) is 0 Å². The zero-order chi connectivity index (χ0) is 13.6. The summed E-state index contributed by atoms with van der Waals surface area (Å²) in [7, 11) is 0. The van der Waals surface area contributed by atoms with Crippen LogP contribution in [0.4, 0.5) is 0 Å². The zero-order valence-corrected chi connectivity index (χ0v) is 12.5. The monoisotopic (exact) mass is 268 g/mol. The van der Waals surface area contributed by atoms with Crippen LogP contribution < -0.4 is 15.8 Å². The van der Waals surface area contributed by atoms with Crippen LogP contribution in [0.3, 0.4) is 0 Å². The number of rotatable bonds is 1. The van der Waals surface area contributed by atoms with Crippen molar-refractivity contribution in [1.82, 2.24) is 5.32 Å². The van der Waals surface area contributed by atoms with Crippen LogP contribution in [-0.2, 0) is 0 Å². The van der Waals surface area contributed by atoms with Crippen molar-refractivity contribution in [2.24, 2.45) is 5.92 Å². The molecule has 20 heavy (non-hydrogen) atoms. The Morgan fingerprint density at radius 3 is 2.05 bits per heavy atom. The second-order valence-electron chi connectivity index (χ2n) is 6.33. The normalized spacial score (nSPS) is 21.5. The summed E-state index contributed by atoms with van der Waals surface area (Å²) in [6, 6.07) is 8.71. The Kier molecular flexibility index (Phi) is 4.78. The van der Waals surface area contributed by atoms with Crippen molar-refractivity contribution >= 4 is 11.9 Å². The first-order valence-corrected chi connectivity index (χ1v) is 8.45. The minimum Gasteiger partial charge on any atom is -0.260 e. The summed E-state index contributed by atoms with van der Waals surface area (Å²) >= 11 is 0. The summed E-state index contributed by atoms with van der Waals surface area (Å²) < 4.78 is 0. The standard InChI is InChI=1S/C19H26N/c1-2-4-6-8-12-16(11-7-5-3-1)19-18-14-10-9-13-17(18)15-20-19/h9-10,13-16H,1-8,11-12H2. The average Bonchev–Trinajstić information content (AvgIpc) is 2.87. The van der Waals surface area contributed by atoms with Crippen LogP contribution in [0.5, 0.6) is 0 Å². The van der Waals surface area contributed by atoms with E-state index in [-0.39, 0.29) is 0 Å². The third-order valence-corrected chi connectivity index (χ3v) is 4.82. The van der Waals surface area contributed by atoms with Crippen LogP contribution in [-0.4, -0.2) is 0 Å². The molecule has 0 spiro atoms. The highest BCUT2D eigenvalue weighted by molar-refractivity contribution is 5.56. The van der Waals surface area contributed by atoms with E-state index < -0.39 is 0 Å². The molecular weight excluding hydrogens is 242 g/mol. The highest BCUT2D eigenvalue weighted by Crippen LogP contribution is 2.26. The summed E-state index contributed by atoms with van der Waals surface area (Å²) in [5, 5.41) is 7.48. The van der Waals surface area contributed by atoms with Crippen molar-refractivity contribution in [1.29, 1.82) is 0 Å². The lowest BCUT2D eigenvalue weighted by molar-refractivity contribution is 0.489. The summed E-state index contributed by atoms with van der Waals surface area (Å²) in [4.78, 5) is 0. The molecule has 1 fully saturated rings. The van der Waals surface area contributed by atoms with Gasteiger partial charge in [-0.25, -0.2) is 0 Å². The van der Waals surface area contributed by atoms with Crippen molar-refractivity contribution in [2.45, 2.75) is 64.2 Å². The second kappa shape index (κ2) is 6.97. The minimum absolute atomic E-state index is 0.688. The van der Waals surface area contributed by atoms with Crippen LogP contribution in [0.1, 0.15) is 64.2 Å².